The number of piperidine rings is 1. The Morgan fingerprint density at radius 2 is 2.20 bits per heavy atom. The lowest BCUT2D eigenvalue weighted by molar-refractivity contribution is -0.147. The minimum atomic E-state index is -0.521. The fraction of sp³-hybridized carbons (Fsp3) is 0.400. The molecule has 1 aliphatic rings. The highest BCUT2D eigenvalue weighted by Gasteiger charge is 2.33. The monoisotopic (exact) mass is 272 g/mol. The van der Waals surface area contributed by atoms with Crippen LogP contribution in [-0.4, -0.2) is 36.5 Å². The summed E-state index contributed by atoms with van der Waals surface area (Å²) in [4.78, 5) is 25.8. The van der Waals surface area contributed by atoms with Gasteiger partial charge in [-0.05, 0) is 37.5 Å². The molecule has 0 radical (unpaired) electrons. The van der Waals surface area contributed by atoms with Crippen LogP contribution in [0.15, 0.2) is 24.3 Å². The molecule has 0 aromatic heterocycles. The number of amides is 1. The average molecular weight is 272 g/mol. The fourth-order valence-corrected chi connectivity index (χ4v) is 2.44. The molecule has 0 N–H and O–H groups in total. The normalized spacial score (nSPS) is 18.2. The Morgan fingerprint density at radius 1 is 1.40 bits per heavy atom. The lowest BCUT2D eigenvalue weighted by Crippen LogP contribution is -2.48. The molecular weight excluding hydrogens is 256 g/mol. The summed E-state index contributed by atoms with van der Waals surface area (Å²) in [6.07, 6.45) is 2.40. The smallest absolute Gasteiger partial charge is 0.328 e. The van der Waals surface area contributed by atoms with Gasteiger partial charge in [0.15, 0.2) is 0 Å². The topological polar surface area (TPSA) is 70.4 Å². The number of nitriles is 1. The molecule has 1 fully saturated rings. The third kappa shape index (κ3) is 2.80. The van der Waals surface area contributed by atoms with E-state index in [0.29, 0.717) is 24.1 Å². The molecule has 1 atom stereocenters. The molecule has 1 aromatic rings. The van der Waals surface area contributed by atoms with E-state index >= 15 is 0 Å². The number of nitrogens with zero attached hydrogens (tertiary/aromatic N) is 2. The number of ether oxygens (including phenoxy) is 1. The maximum absolute atomic E-state index is 12.5. The molecule has 20 heavy (non-hydrogen) atoms. The molecule has 1 heterocycles. The Morgan fingerprint density at radius 3 is 2.90 bits per heavy atom. The Bertz CT molecular complexity index is 562. The minimum absolute atomic E-state index is 0.225. The van der Waals surface area contributed by atoms with E-state index in [4.69, 9.17) is 10.00 Å². The molecule has 0 aliphatic carbocycles. The van der Waals surface area contributed by atoms with E-state index in [1.54, 1.807) is 29.2 Å². The molecule has 104 valence electrons. The Hall–Kier alpha value is -2.35. The Balaban J connectivity index is 2.25. The van der Waals surface area contributed by atoms with Gasteiger partial charge in [-0.2, -0.15) is 5.26 Å². The largest absolute Gasteiger partial charge is 0.467 e. The molecule has 1 aromatic carbocycles. The van der Waals surface area contributed by atoms with E-state index in [9.17, 15) is 9.59 Å². The van der Waals surface area contributed by atoms with Crippen LogP contribution < -0.4 is 0 Å². The van der Waals surface area contributed by atoms with Crippen LogP contribution in [0.25, 0.3) is 0 Å². The van der Waals surface area contributed by atoms with Crippen molar-refractivity contribution < 1.29 is 14.3 Å². The second-order valence-electron chi connectivity index (χ2n) is 4.73. The molecule has 2 rings (SSSR count). The fourth-order valence-electron chi connectivity index (χ4n) is 2.44. The van der Waals surface area contributed by atoms with Crippen molar-refractivity contribution in [1.82, 2.24) is 4.90 Å². The predicted octanol–water partition coefficient (Wildman–Crippen LogP) is 1.73. The predicted molar refractivity (Wildman–Crippen MR) is 71.8 cm³/mol. The zero-order valence-electron chi connectivity index (χ0n) is 11.3. The number of likely N-dealkylation sites (tertiary alicyclic amines) is 1. The SMILES string of the molecule is COC(=O)[C@H]1CCCCN1C(=O)c1cccc(C#N)c1. The van der Waals surface area contributed by atoms with Gasteiger partial charge in [0.05, 0.1) is 18.7 Å². The molecule has 0 spiro atoms. The van der Waals surface area contributed by atoms with Crippen LogP contribution in [0.1, 0.15) is 35.2 Å². The van der Waals surface area contributed by atoms with Crippen molar-refractivity contribution in [2.24, 2.45) is 0 Å². The van der Waals surface area contributed by atoms with Gasteiger partial charge in [-0.15, -0.1) is 0 Å². The van der Waals surface area contributed by atoms with E-state index in [2.05, 4.69) is 0 Å². The number of hydrogen-bond acceptors (Lipinski definition) is 4. The second kappa shape index (κ2) is 6.20. The van der Waals surface area contributed by atoms with Crippen LogP contribution in [0, 0.1) is 11.3 Å². The van der Waals surface area contributed by atoms with Crippen molar-refractivity contribution in [3.8, 4) is 6.07 Å². The number of benzene rings is 1. The van der Waals surface area contributed by atoms with Crippen molar-refractivity contribution in [2.75, 3.05) is 13.7 Å². The number of carbonyl (C=O) groups excluding carboxylic acids is 2. The zero-order valence-corrected chi connectivity index (χ0v) is 11.3. The van der Waals surface area contributed by atoms with Gasteiger partial charge in [-0.3, -0.25) is 4.79 Å². The van der Waals surface area contributed by atoms with Crippen LogP contribution in [0.5, 0.6) is 0 Å². The maximum Gasteiger partial charge on any atom is 0.328 e. The van der Waals surface area contributed by atoms with E-state index in [-0.39, 0.29) is 11.9 Å². The molecule has 0 unspecified atom stereocenters. The molecule has 1 saturated heterocycles. The summed E-state index contributed by atoms with van der Waals surface area (Å²) in [7, 11) is 1.33. The van der Waals surface area contributed by atoms with E-state index in [1.807, 2.05) is 6.07 Å². The molecule has 0 bridgehead atoms. The standard InChI is InChI=1S/C15H16N2O3/c1-20-15(19)13-7-2-3-8-17(13)14(18)12-6-4-5-11(9-12)10-16/h4-6,9,13H,2-3,7-8H2,1H3/t13-/m1/s1. The maximum atomic E-state index is 12.5. The molecule has 0 saturated carbocycles. The van der Waals surface area contributed by atoms with Crippen molar-refractivity contribution >= 4 is 11.9 Å². The summed E-state index contributed by atoms with van der Waals surface area (Å²) in [5.41, 5.74) is 0.863. The Labute approximate surface area is 117 Å². The summed E-state index contributed by atoms with van der Waals surface area (Å²) < 4.78 is 4.77. The average Bonchev–Trinajstić information content (AvgIpc) is 2.53. The van der Waals surface area contributed by atoms with Gasteiger partial charge >= 0.3 is 5.97 Å². The highest BCUT2D eigenvalue weighted by atomic mass is 16.5. The third-order valence-electron chi connectivity index (χ3n) is 3.48. The van der Waals surface area contributed by atoms with Gasteiger partial charge in [-0.25, -0.2) is 4.79 Å². The third-order valence-corrected chi connectivity index (χ3v) is 3.48. The first kappa shape index (κ1) is 14.1. The van der Waals surface area contributed by atoms with Crippen LogP contribution in [0.2, 0.25) is 0 Å². The van der Waals surface area contributed by atoms with Crippen LogP contribution in [0.3, 0.4) is 0 Å². The van der Waals surface area contributed by atoms with Gasteiger partial charge in [0.2, 0.25) is 0 Å². The Kier molecular flexibility index (Phi) is 4.36. The quantitative estimate of drug-likeness (QED) is 0.769. The summed E-state index contributed by atoms with van der Waals surface area (Å²) in [6, 6.07) is 8.01. The number of rotatable bonds is 2. The van der Waals surface area contributed by atoms with Crippen molar-refractivity contribution in [3.63, 3.8) is 0 Å². The van der Waals surface area contributed by atoms with Crippen molar-refractivity contribution in [1.29, 1.82) is 5.26 Å². The second-order valence-corrected chi connectivity index (χ2v) is 4.73. The molecule has 1 amide bonds. The highest BCUT2D eigenvalue weighted by molar-refractivity contribution is 5.97. The number of methoxy groups -OCH3 is 1. The lowest BCUT2D eigenvalue weighted by Gasteiger charge is -2.33. The first-order valence-corrected chi connectivity index (χ1v) is 6.56. The van der Waals surface area contributed by atoms with Gasteiger partial charge < -0.3 is 9.64 Å². The van der Waals surface area contributed by atoms with Crippen molar-refractivity contribution in [2.45, 2.75) is 25.3 Å². The van der Waals surface area contributed by atoms with Gasteiger partial charge in [0.25, 0.3) is 5.91 Å². The van der Waals surface area contributed by atoms with E-state index in [0.717, 1.165) is 12.8 Å². The number of hydrogen-bond donors (Lipinski definition) is 0. The van der Waals surface area contributed by atoms with Crippen LogP contribution in [0.4, 0.5) is 0 Å². The number of esters is 1. The summed E-state index contributed by atoms with van der Waals surface area (Å²) in [5.74, 6) is -0.605. The summed E-state index contributed by atoms with van der Waals surface area (Å²) >= 11 is 0. The van der Waals surface area contributed by atoms with Gasteiger partial charge in [0.1, 0.15) is 6.04 Å². The van der Waals surface area contributed by atoms with Crippen LogP contribution >= 0.6 is 0 Å². The molecule has 5 nitrogen and oxygen atoms in total. The van der Waals surface area contributed by atoms with Crippen LogP contribution in [-0.2, 0) is 9.53 Å². The molecule has 1 aliphatic heterocycles. The minimum Gasteiger partial charge on any atom is -0.467 e. The molecule has 5 heteroatoms. The van der Waals surface area contributed by atoms with Gasteiger partial charge in [-0.1, -0.05) is 6.07 Å². The first-order valence-electron chi connectivity index (χ1n) is 6.56. The zero-order chi connectivity index (χ0) is 14.5. The van der Waals surface area contributed by atoms with Crippen molar-refractivity contribution in [3.05, 3.63) is 35.4 Å². The van der Waals surface area contributed by atoms with Gasteiger partial charge in [0, 0.05) is 12.1 Å². The number of carbonyl (C=O) groups is 2. The van der Waals surface area contributed by atoms with E-state index < -0.39 is 6.04 Å². The molecular formula is C15H16N2O3. The summed E-state index contributed by atoms with van der Waals surface area (Å²) in [5, 5.41) is 8.88. The highest BCUT2D eigenvalue weighted by Crippen LogP contribution is 2.21. The first-order chi connectivity index (χ1) is 9.67. The summed E-state index contributed by atoms with van der Waals surface area (Å²) in [6.45, 7) is 0.537. The van der Waals surface area contributed by atoms with E-state index in [1.165, 1.54) is 7.11 Å². The lowest BCUT2D eigenvalue weighted by atomic mass is 10.0.